The summed E-state index contributed by atoms with van der Waals surface area (Å²) >= 11 is 0. The molecule has 1 aliphatic carbocycles. The summed E-state index contributed by atoms with van der Waals surface area (Å²) in [6.45, 7) is 7.23. The minimum absolute atomic E-state index is 0.0121. The molecule has 1 aromatic carbocycles. The molecule has 1 saturated carbocycles. The Bertz CT molecular complexity index is 618. The van der Waals surface area contributed by atoms with Crippen molar-refractivity contribution in [3.8, 4) is 5.75 Å². The van der Waals surface area contributed by atoms with Crippen LogP contribution < -0.4 is 4.74 Å². The standard InChI is InChI=1S/C22H30F2O3/c1-3-15-5-8-18(26-13-15)14-27-17-9-6-16(7-10-17)19-11-12-20(25-4-2)22(24)21(19)23/h3,11-12,15-18H,1,4-10,13-14H2,2H3. The lowest BCUT2D eigenvalue weighted by atomic mass is 9.82. The largest absolute Gasteiger partial charge is 0.491 e. The van der Waals surface area contributed by atoms with Gasteiger partial charge in [-0.25, -0.2) is 4.39 Å². The normalized spacial score (nSPS) is 28.7. The van der Waals surface area contributed by atoms with Crippen molar-refractivity contribution in [3.63, 3.8) is 0 Å². The second-order valence-electron chi connectivity index (χ2n) is 7.55. The van der Waals surface area contributed by atoms with E-state index < -0.39 is 11.6 Å². The highest BCUT2D eigenvalue weighted by molar-refractivity contribution is 5.33. The average Bonchev–Trinajstić information content (AvgIpc) is 2.71. The number of rotatable bonds is 7. The summed E-state index contributed by atoms with van der Waals surface area (Å²) in [5.74, 6) is -1.16. The van der Waals surface area contributed by atoms with Crippen molar-refractivity contribution in [1.82, 2.24) is 0 Å². The summed E-state index contributed by atoms with van der Waals surface area (Å²) in [6, 6.07) is 3.21. The van der Waals surface area contributed by atoms with Crippen LogP contribution >= 0.6 is 0 Å². The lowest BCUT2D eigenvalue weighted by molar-refractivity contribution is -0.0795. The number of ether oxygens (including phenoxy) is 3. The molecule has 0 radical (unpaired) electrons. The van der Waals surface area contributed by atoms with Crippen LogP contribution in [-0.4, -0.2) is 32.0 Å². The van der Waals surface area contributed by atoms with Crippen LogP contribution in [0.5, 0.6) is 5.75 Å². The van der Waals surface area contributed by atoms with Crippen molar-refractivity contribution < 1.29 is 23.0 Å². The van der Waals surface area contributed by atoms with Gasteiger partial charge in [0.25, 0.3) is 0 Å². The van der Waals surface area contributed by atoms with Gasteiger partial charge in [-0.15, -0.1) is 6.58 Å². The highest BCUT2D eigenvalue weighted by Crippen LogP contribution is 2.37. The van der Waals surface area contributed by atoms with Crippen LogP contribution in [0, 0.1) is 17.6 Å². The minimum Gasteiger partial charge on any atom is -0.491 e. The van der Waals surface area contributed by atoms with Gasteiger partial charge in [0, 0.05) is 5.92 Å². The third-order valence-corrected chi connectivity index (χ3v) is 5.75. The molecule has 3 nitrogen and oxygen atoms in total. The summed E-state index contributed by atoms with van der Waals surface area (Å²) in [7, 11) is 0. The van der Waals surface area contributed by atoms with E-state index in [4.69, 9.17) is 14.2 Å². The second kappa shape index (κ2) is 9.65. The Morgan fingerprint density at radius 1 is 1.11 bits per heavy atom. The lowest BCUT2D eigenvalue weighted by Gasteiger charge is -2.32. The summed E-state index contributed by atoms with van der Waals surface area (Å²) in [6.07, 6.45) is 7.74. The maximum absolute atomic E-state index is 14.4. The van der Waals surface area contributed by atoms with E-state index in [2.05, 4.69) is 6.58 Å². The van der Waals surface area contributed by atoms with E-state index in [0.29, 0.717) is 24.7 Å². The molecule has 150 valence electrons. The fourth-order valence-corrected chi connectivity index (χ4v) is 4.06. The van der Waals surface area contributed by atoms with Gasteiger partial charge >= 0.3 is 0 Å². The van der Waals surface area contributed by atoms with E-state index in [-0.39, 0.29) is 23.9 Å². The molecule has 2 atom stereocenters. The molecule has 0 aromatic heterocycles. The maximum atomic E-state index is 14.4. The molecule has 2 fully saturated rings. The van der Waals surface area contributed by atoms with Crippen LogP contribution in [0.1, 0.15) is 56.9 Å². The van der Waals surface area contributed by atoms with Crippen LogP contribution in [0.3, 0.4) is 0 Å². The Morgan fingerprint density at radius 2 is 1.89 bits per heavy atom. The molecule has 1 saturated heterocycles. The first kappa shape index (κ1) is 20.3. The van der Waals surface area contributed by atoms with Gasteiger partial charge in [-0.05, 0) is 63.0 Å². The molecular formula is C22H30F2O3. The maximum Gasteiger partial charge on any atom is 0.200 e. The van der Waals surface area contributed by atoms with E-state index in [1.807, 2.05) is 6.08 Å². The highest BCUT2D eigenvalue weighted by Gasteiger charge is 2.28. The van der Waals surface area contributed by atoms with E-state index in [1.165, 1.54) is 6.07 Å². The number of hydrogen-bond donors (Lipinski definition) is 0. The molecular weight excluding hydrogens is 350 g/mol. The van der Waals surface area contributed by atoms with Gasteiger partial charge in [0.1, 0.15) is 0 Å². The zero-order valence-electron chi connectivity index (χ0n) is 16.1. The van der Waals surface area contributed by atoms with Gasteiger partial charge in [0.2, 0.25) is 5.82 Å². The van der Waals surface area contributed by atoms with Crippen LogP contribution in [0.2, 0.25) is 0 Å². The Labute approximate surface area is 160 Å². The first-order valence-corrected chi connectivity index (χ1v) is 10.1. The van der Waals surface area contributed by atoms with Gasteiger partial charge in [-0.2, -0.15) is 4.39 Å². The Balaban J connectivity index is 1.46. The van der Waals surface area contributed by atoms with Gasteiger partial charge in [-0.1, -0.05) is 12.1 Å². The number of halogens is 2. The van der Waals surface area contributed by atoms with Crippen molar-refractivity contribution >= 4 is 0 Å². The summed E-state index contributed by atoms with van der Waals surface area (Å²) in [5, 5.41) is 0. The molecule has 3 rings (SSSR count). The molecule has 1 heterocycles. The molecule has 1 aliphatic heterocycles. The van der Waals surface area contributed by atoms with Crippen LogP contribution in [-0.2, 0) is 9.47 Å². The fraction of sp³-hybridized carbons (Fsp3) is 0.636. The molecule has 2 unspecified atom stereocenters. The van der Waals surface area contributed by atoms with Gasteiger partial charge < -0.3 is 14.2 Å². The molecule has 1 aromatic rings. The SMILES string of the molecule is C=CC1CCC(COC2CCC(c3ccc(OCC)c(F)c3F)CC2)OC1. The van der Waals surface area contributed by atoms with Gasteiger partial charge in [0.15, 0.2) is 11.6 Å². The molecule has 0 N–H and O–H groups in total. The Morgan fingerprint density at radius 3 is 2.52 bits per heavy atom. The minimum atomic E-state index is -0.875. The van der Waals surface area contributed by atoms with Crippen LogP contribution in [0.25, 0.3) is 0 Å². The highest BCUT2D eigenvalue weighted by atomic mass is 19.2. The summed E-state index contributed by atoms with van der Waals surface area (Å²) < 4.78 is 45.5. The van der Waals surface area contributed by atoms with Gasteiger partial charge in [-0.3, -0.25) is 0 Å². The molecule has 0 amide bonds. The monoisotopic (exact) mass is 380 g/mol. The quantitative estimate of drug-likeness (QED) is 0.594. The van der Waals surface area contributed by atoms with Crippen molar-refractivity contribution in [2.24, 2.45) is 5.92 Å². The Kier molecular flexibility index (Phi) is 7.25. The van der Waals surface area contributed by atoms with Crippen molar-refractivity contribution in [2.75, 3.05) is 19.8 Å². The summed E-state index contributed by atoms with van der Waals surface area (Å²) in [4.78, 5) is 0. The van der Waals surface area contributed by atoms with Crippen molar-refractivity contribution in [1.29, 1.82) is 0 Å². The second-order valence-corrected chi connectivity index (χ2v) is 7.55. The smallest absolute Gasteiger partial charge is 0.200 e. The van der Waals surface area contributed by atoms with Crippen LogP contribution in [0.4, 0.5) is 8.78 Å². The average molecular weight is 380 g/mol. The molecule has 0 spiro atoms. The topological polar surface area (TPSA) is 27.7 Å². The zero-order chi connectivity index (χ0) is 19.2. The van der Waals surface area contributed by atoms with E-state index >= 15 is 0 Å². The number of benzene rings is 1. The fourth-order valence-electron chi connectivity index (χ4n) is 4.06. The molecule has 5 heteroatoms. The molecule has 2 aliphatic rings. The Hall–Kier alpha value is -1.46. The summed E-state index contributed by atoms with van der Waals surface area (Å²) in [5.41, 5.74) is 0.459. The zero-order valence-corrected chi connectivity index (χ0v) is 16.1. The predicted molar refractivity (Wildman–Crippen MR) is 101 cm³/mol. The molecule has 27 heavy (non-hydrogen) atoms. The van der Waals surface area contributed by atoms with Gasteiger partial charge in [0.05, 0.1) is 32.0 Å². The first-order chi connectivity index (χ1) is 13.1. The molecule has 0 bridgehead atoms. The number of hydrogen-bond acceptors (Lipinski definition) is 3. The van der Waals surface area contributed by atoms with Crippen molar-refractivity contribution in [3.05, 3.63) is 42.0 Å². The first-order valence-electron chi connectivity index (χ1n) is 10.1. The predicted octanol–water partition coefficient (Wildman–Crippen LogP) is 5.39. The third kappa shape index (κ3) is 5.08. The van der Waals surface area contributed by atoms with E-state index in [9.17, 15) is 8.78 Å². The van der Waals surface area contributed by atoms with E-state index in [1.54, 1.807) is 13.0 Å². The lowest BCUT2D eigenvalue weighted by Crippen LogP contribution is -2.31. The van der Waals surface area contributed by atoms with Crippen LogP contribution in [0.15, 0.2) is 24.8 Å². The third-order valence-electron chi connectivity index (χ3n) is 5.75. The van der Waals surface area contributed by atoms with E-state index in [0.717, 1.165) is 45.1 Å². The van der Waals surface area contributed by atoms with Crippen molar-refractivity contribution in [2.45, 2.75) is 63.6 Å².